The molecule has 1 aromatic carbocycles. The van der Waals surface area contributed by atoms with E-state index in [1.54, 1.807) is 6.08 Å². The predicted octanol–water partition coefficient (Wildman–Crippen LogP) is 1.50. The van der Waals surface area contributed by atoms with Crippen LogP contribution in [-0.4, -0.2) is 61.8 Å². The lowest BCUT2D eigenvalue weighted by atomic mass is 9.95. The van der Waals surface area contributed by atoms with Gasteiger partial charge in [0.2, 0.25) is 0 Å². The second-order valence-electron chi connectivity index (χ2n) is 7.01. The summed E-state index contributed by atoms with van der Waals surface area (Å²) in [6.07, 6.45) is -2.20. The van der Waals surface area contributed by atoms with Gasteiger partial charge >= 0.3 is 17.9 Å². The zero-order valence-electron chi connectivity index (χ0n) is 17.9. The normalized spacial score (nSPS) is 25.3. The van der Waals surface area contributed by atoms with E-state index in [2.05, 4.69) is 11.9 Å². The summed E-state index contributed by atoms with van der Waals surface area (Å²) in [5.41, 5.74) is 0.984. The van der Waals surface area contributed by atoms with Crippen molar-refractivity contribution in [1.82, 2.24) is 5.32 Å². The summed E-state index contributed by atoms with van der Waals surface area (Å²) in [5.74, 6) is -1.68. The zero-order valence-corrected chi connectivity index (χ0v) is 17.9. The van der Waals surface area contributed by atoms with Crippen molar-refractivity contribution in [3.05, 3.63) is 48.6 Å². The van der Waals surface area contributed by atoms with Gasteiger partial charge in [-0.3, -0.25) is 14.4 Å². The Morgan fingerprint density at radius 3 is 2.26 bits per heavy atom. The summed E-state index contributed by atoms with van der Waals surface area (Å²) in [6, 6.07) is 8.90. The summed E-state index contributed by atoms with van der Waals surface area (Å²) >= 11 is 0. The quantitative estimate of drug-likeness (QED) is 0.332. The van der Waals surface area contributed by atoms with Gasteiger partial charge in [-0.2, -0.15) is 0 Å². The first-order valence-corrected chi connectivity index (χ1v) is 9.95. The summed E-state index contributed by atoms with van der Waals surface area (Å²) in [6.45, 7) is 7.77. The minimum Gasteiger partial charge on any atom is -0.463 e. The van der Waals surface area contributed by atoms with Crippen LogP contribution in [0.1, 0.15) is 26.3 Å². The average Bonchev–Trinajstić information content (AvgIpc) is 2.71. The van der Waals surface area contributed by atoms with Gasteiger partial charge < -0.3 is 29.0 Å². The third kappa shape index (κ3) is 7.78. The molecule has 5 atom stereocenters. The van der Waals surface area contributed by atoms with Crippen LogP contribution in [0, 0.1) is 0 Å². The third-order valence-electron chi connectivity index (χ3n) is 4.46. The fourth-order valence-electron chi connectivity index (χ4n) is 3.26. The molecule has 1 heterocycles. The molecule has 31 heavy (non-hydrogen) atoms. The van der Waals surface area contributed by atoms with Crippen molar-refractivity contribution >= 4 is 17.9 Å². The molecule has 0 aromatic heterocycles. The Balaban J connectivity index is 2.34. The highest BCUT2D eigenvalue weighted by Crippen LogP contribution is 2.28. The molecule has 1 aliphatic rings. The molecule has 0 spiro atoms. The number of ether oxygens (including phenoxy) is 5. The minimum absolute atomic E-state index is 0.166. The molecule has 1 aliphatic heterocycles. The molecule has 9 heteroatoms. The van der Waals surface area contributed by atoms with Crippen molar-refractivity contribution in [2.45, 2.75) is 58.0 Å². The van der Waals surface area contributed by atoms with Gasteiger partial charge in [-0.1, -0.05) is 36.4 Å². The number of carbonyl (C=O) groups excluding carboxylic acids is 3. The maximum Gasteiger partial charge on any atom is 0.303 e. The first-order chi connectivity index (χ1) is 14.8. The largest absolute Gasteiger partial charge is 0.463 e. The molecule has 1 N–H and O–H groups in total. The SMILES string of the molecule is C=CCO[C@@H]1O[C@H](COC(C)=O)[C@@H](OC(C)=O)[C@H](OC(C)=O)[C@H]1NCc1ccccc1. The van der Waals surface area contributed by atoms with Crippen molar-refractivity contribution in [2.24, 2.45) is 0 Å². The lowest BCUT2D eigenvalue weighted by molar-refractivity contribution is -0.276. The standard InChI is InChI=1S/C22H29NO8/c1-5-11-27-22-19(23-12-17-9-7-6-8-10-17)21(30-16(4)26)20(29-15(3)25)18(31-22)13-28-14(2)24/h5-10,18-23H,1,11-13H2,2-4H3/t18-,19-,20-,21-,22-/m1/s1. The Kier molecular flexibility index (Phi) is 9.64. The molecule has 1 saturated heterocycles. The molecule has 1 aromatic rings. The molecule has 2 rings (SSSR count). The number of nitrogens with one attached hydrogen (secondary N) is 1. The molecule has 0 unspecified atom stereocenters. The molecule has 1 fully saturated rings. The highest BCUT2D eigenvalue weighted by atomic mass is 16.7. The van der Waals surface area contributed by atoms with E-state index in [-0.39, 0.29) is 13.2 Å². The van der Waals surface area contributed by atoms with Crippen LogP contribution in [0.25, 0.3) is 0 Å². The summed E-state index contributed by atoms with van der Waals surface area (Å²) in [7, 11) is 0. The van der Waals surface area contributed by atoms with Crippen LogP contribution in [0.2, 0.25) is 0 Å². The Hall–Kier alpha value is -2.75. The fourth-order valence-corrected chi connectivity index (χ4v) is 3.26. The van der Waals surface area contributed by atoms with E-state index in [0.29, 0.717) is 6.54 Å². The number of esters is 3. The van der Waals surface area contributed by atoms with Gasteiger partial charge in [0, 0.05) is 27.3 Å². The highest BCUT2D eigenvalue weighted by molar-refractivity contribution is 5.68. The third-order valence-corrected chi connectivity index (χ3v) is 4.46. The fraction of sp³-hybridized carbons (Fsp3) is 0.500. The predicted molar refractivity (Wildman–Crippen MR) is 110 cm³/mol. The smallest absolute Gasteiger partial charge is 0.303 e. The number of carbonyl (C=O) groups is 3. The second kappa shape index (κ2) is 12.2. The van der Waals surface area contributed by atoms with Gasteiger partial charge in [-0.15, -0.1) is 6.58 Å². The Morgan fingerprint density at radius 1 is 1.03 bits per heavy atom. The van der Waals surface area contributed by atoms with E-state index in [1.807, 2.05) is 30.3 Å². The maximum absolute atomic E-state index is 11.9. The van der Waals surface area contributed by atoms with Crippen molar-refractivity contribution in [3.8, 4) is 0 Å². The second-order valence-corrected chi connectivity index (χ2v) is 7.01. The van der Waals surface area contributed by atoms with Gasteiger partial charge in [0.25, 0.3) is 0 Å². The molecule has 0 aliphatic carbocycles. The topological polar surface area (TPSA) is 109 Å². The van der Waals surface area contributed by atoms with E-state index >= 15 is 0 Å². The van der Waals surface area contributed by atoms with Crippen LogP contribution in [0.15, 0.2) is 43.0 Å². The van der Waals surface area contributed by atoms with Crippen LogP contribution in [0.5, 0.6) is 0 Å². The monoisotopic (exact) mass is 435 g/mol. The minimum atomic E-state index is -1.02. The molecule has 0 saturated carbocycles. The average molecular weight is 435 g/mol. The number of rotatable bonds is 10. The summed E-state index contributed by atoms with van der Waals surface area (Å²) < 4.78 is 27.8. The van der Waals surface area contributed by atoms with Crippen LogP contribution in [0.3, 0.4) is 0 Å². The van der Waals surface area contributed by atoms with Gasteiger partial charge in [0.1, 0.15) is 18.8 Å². The van der Waals surface area contributed by atoms with E-state index < -0.39 is 48.6 Å². The van der Waals surface area contributed by atoms with E-state index in [0.717, 1.165) is 5.56 Å². The zero-order chi connectivity index (χ0) is 22.8. The summed E-state index contributed by atoms with van der Waals surface area (Å²) in [4.78, 5) is 35.0. The Labute approximate surface area is 181 Å². The van der Waals surface area contributed by atoms with Crippen molar-refractivity contribution < 1.29 is 38.1 Å². The maximum atomic E-state index is 11.9. The molecule has 0 radical (unpaired) electrons. The Bertz CT molecular complexity index is 753. The van der Waals surface area contributed by atoms with Crippen molar-refractivity contribution in [2.75, 3.05) is 13.2 Å². The van der Waals surface area contributed by atoms with Crippen LogP contribution in [-0.2, 0) is 44.6 Å². The van der Waals surface area contributed by atoms with Gasteiger partial charge in [0.05, 0.1) is 6.61 Å². The van der Waals surface area contributed by atoms with E-state index in [9.17, 15) is 14.4 Å². The lowest BCUT2D eigenvalue weighted by Crippen LogP contribution is -2.65. The van der Waals surface area contributed by atoms with Crippen molar-refractivity contribution in [3.63, 3.8) is 0 Å². The van der Waals surface area contributed by atoms with E-state index in [1.165, 1.54) is 20.8 Å². The Morgan fingerprint density at radius 2 is 1.68 bits per heavy atom. The highest BCUT2D eigenvalue weighted by Gasteiger charge is 2.50. The van der Waals surface area contributed by atoms with Crippen LogP contribution >= 0.6 is 0 Å². The molecule has 0 bridgehead atoms. The van der Waals surface area contributed by atoms with Crippen LogP contribution in [0.4, 0.5) is 0 Å². The number of hydrogen-bond donors (Lipinski definition) is 1. The van der Waals surface area contributed by atoms with Crippen LogP contribution < -0.4 is 5.32 Å². The van der Waals surface area contributed by atoms with Gasteiger partial charge in [-0.05, 0) is 5.56 Å². The number of hydrogen-bond acceptors (Lipinski definition) is 9. The number of benzene rings is 1. The first-order valence-electron chi connectivity index (χ1n) is 9.95. The molecule has 9 nitrogen and oxygen atoms in total. The molecular weight excluding hydrogens is 406 g/mol. The lowest BCUT2D eigenvalue weighted by Gasteiger charge is -2.45. The van der Waals surface area contributed by atoms with Gasteiger partial charge in [0.15, 0.2) is 18.5 Å². The molecule has 0 amide bonds. The summed E-state index contributed by atoms with van der Waals surface area (Å²) in [5, 5.41) is 3.28. The molecular formula is C22H29NO8. The van der Waals surface area contributed by atoms with E-state index in [4.69, 9.17) is 23.7 Å². The van der Waals surface area contributed by atoms with Gasteiger partial charge in [-0.25, -0.2) is 0 Å². The van der Waals surface area contributed by atoms with Crippen molar-refractivity contribution in [1.29, 1.82) is 0 Å². The first kappa shape index (κ1) is 24.5. The molecule has 170 valence electrons.